The molecule has 0 aromatic carbocycles. The van der Waals surface area contributed by atoms with E-state index in [1.54, 1.807) is 20.8 Å². The van der Waals surface area contributed by atoms with Gasteiger partial charge in [-0.1, -0.05) is 6.07 Å². The van der Waals surface area contributed by atoms with Gasteiger partial charge in [0, 0.05) is 5.54 Å². The second-order valence-electron chi connectivity index (χ2n) is 5.78. The topological polar surface area (TPSA) is 65.4 Å². The van der Waals surface area contributed by atoms with Crippen molar-refractivity contribution < 1.29 is 23.4 Å². The lowest BCUT2D eigenvalue weighted by molar-refractivity contribution is -0.173. The third-order valence-corrected chi connectivity index (χ3v) is 2.64. The highest BCUT2D eigenvalue weighted by Gasteiger charge is 2.37. The van der Waals surface area contributed by atoms with E-state index in [-0.39, 0.29) is 12.1 Å². The molecule has 0 spiro atoms. The van der Waals surface area contributed by atoms with Gasteiger partial charge in [0.2, 0.25) is 5.79 Å². The summed E-state index contributed by atoms with van der Waals surface area (Å²) in [5.74, 6) is -2.47. The number of aliphatic hydroxyl groups is 2. The molecule has 0 aliphatic rings. The van der Waals surface area contributed by atoms with E-state index in [0.717, 1.165) is 0 Å². The van der Waals surface area contributed by atoms with Crippen LogP contribution in [-0.2, 0) is 12.0 Å². The van der Waals surface area contributed by atoms with Crippen molar-refractivity contribution in [1.82, 2.24) is 10.3 Å². The van der Waals surface area contributed by atoms with Gasteiger partial charge < -0.3 is 15.5 Å². The maximum atomic E-state index is 12.8. The van der Waals surface area contributed by atoms with Crippen molar-refractivity contribution in [3.8, 4) is 0 Å². The molecule has 7 heteroatoms. The van der Waals surface area contributed by atoms with Crippen LogP contribution in [0.15, 0.2) is 12.1 Å². The van der Waals surface area contributed by atoms with E-state index in [4.69, 9.17) is 0 Å². The fourth-order valence-electron chi connectivity index (χ4n) is 1.52. The normalized spacial score (nSPS) is 13.7. The summed E-state index contributed by atoms with van der Waals surface area (Å²) < 4.78 is 38.3. The number of hydrogen-bond acceptors (Lipinski definition) is 4. The Morgan fingerprint density at radius 1 is 1.15 bits per heavy atom. The molecule has 1 aromatic heterocycles. The highest BCUT2D eigenvalue weighted by Crippen LogP contribution is 2.31. The van der Waals surface area contributed by atoms with Crippen molar-refractivity contribution in [3.05, 3.63) is 29.1 Å². The molecule has 1 aromatic rings. The number of nitrogens with one attached hydrogen (secondary N) is 1. The van der Waals surface area contributed by atoms with E-state index >= 15 is 0 Å². The van der Waals surface area contributed by atoms with Crippen LogP contribution in [0.2, 0.25) is 0 Å². The molecule has 0 unspecified atom stereocenters. The Morgan fingerprint density at radius 2 is 1.70 bits per heavy atom. The SMILES string of the molecule is Cc1ccc(C(O)(O)CNC(C)(C)C)nc1C(F)(F)F. The minimum absolute atomic E-state index is 0.0687. The van der Waals surface area contributed by atoms with Crippen molar-refractivity contribution in [2.24, 2.45) is 0 Å². The van der Waals surface area contributed by atoms with E-state index in [2.05, 4.69) is 10.3 Å². The second kappa shape index (κ2) is 5.31. The quantitative estimate of drug-likeness (QED) is 0.745. The fourth-order valence-corrected chi connectivity index (χ4v) is 1.52. The lowest BCUT2D eigenvalue weighted by Crippen LogP contribution is -2.46. The second-order valence-corrected chi connectivity index (χ2v) is 5.78. The Bertz CT molecular complexity index is 479. The van der Waals surface area contributed by atoms with Crippen LogP contribution in [0, 0.1) is 6.92 Å². The number of β-amino-alcohol motifs (C(OH)–C–C–N with tert-alkyl or cyclic N) is 2. The maximum Gasteiger partial charge on any atom is 0.433 e. The predicted molar refractivity (Wildman–Crippen MR) is 67.8 cm³/mol. The third-order valence-electron chi connectivity index (χ3n) is 2.64. The number of rotatable bonds is 3. The first kappa shape index (κ1) is 16.9. The van der Waals surface area contributed by atoms with E-state index in [1.165, 1.54) is 19.1 Å². The summed E-state index contributed by atoms with van der Waals surface area (Å²) in [5, 5.41) is 22.6. The van der Waals surface area contributed by atoms with Crippen molar-refractivity contribution >= 4 is 0 Å². The molecule has 0 saturated heterocycles. The summed E-state index contributed by atoms with van der Waals surface area (Å²) >= 11 is 0. The summed E-state index contributed by atoms with van der Waals surface area (Å²) in [5.41, 5.74) is -2.03. The van der Waals surface area contributed by atoms with Gasteiger partial charge in [0.05, 0.1) is 6.54 Å². The molecule has 20 heavy (non-hydrogen) atoms. The third kappa shape index (κ3) is 4.43. The van der Waals surface area contributed by atoms with E-state index in [0.29, 0.717) is 0 Å². The monoisotopic (exact) mass is 292 g/mol. The number of nitrogens with zero attached hydrogens (tertiary/aromatic N) is 1. The van der Waals surface area contributed by atoms with Crippen molar-refractivity contribution in [2.45, 2.75) is 45.2 Å². The first-order valence-corrected chi connectivity index (χ1v) is 6.08. The van der Waals surface area contributed by atoms with Crippen LogP contribution in [0.3, 0.4) is 0 Å². The maximum absolute atomic E-state index is 12.8. The van der Waals surface area contributed by atoms with E-state index < -0.39 is 28.9 Å². The highest BCUT2D eigenvalue weighted by molar-refractivity contribution is 5.25. The average molecular weight is 292 g/mol. The summed E-state index contributed by atoms with van der Waals surface area (Å²) in [7, 11) is 0. The average Bonchev–Trinajstić information content (AvgIpc) is 2.24. The van der Waals surface area contributed by atoms with Crippen molar-refractivity contribution in [2.75, 3.05) is 6.54 Å². The summed E-state index contributed by atoms with van der Waals surface area (Å²) in [6, 6.07) is 2.35. The molecule has 0 saturated carbocycles. The van der Waals surface area contributed by atoms with Crippen LogP contribution >= 0.6 is 0 Å². The Labute approximate surface area is 115 Å². The minimum atomic E-state index is -4.63. The first-order valence-electron chi connectivity index (χ1n) is 6.08. The molecule has 0 aliphatic heterocycles. The number of aromatic nitrogens is 1. The van der Waals surface area contributed by atoms with Crippen LogP contribution in [0.25, 0.3) is 0 Å². The minimum Gasteiger partial charge on any atom is -0.360 e. The van der Waals surface area contributed by atoms with Crippen LogP contribution in [-0.4, -0.2) is 27.3 Å². The number of alkyl halides is 3. The van der Waals surface area contributed by atoms with Gasteiger partial charge in [0.15, 0.2) is 0 Å². The summed E-state index contributed by atoms with van der Waals surface area (Å²) in [6.07, 6.45) is -4.63. The smallest absolute Gasteiger partial charge is 0.360 e. The lowest BCUT2D eigenvalue weighted by Gasteiger charge is -2.28. The van der Waals surface area contributed by atoms with Gasteiger partial charge >= 0.3 is 6.18 Å². The van der Waals surface area contributed by atoms with E-state index in [9.17, 15) is 23.4 Å². The lowest BCUT2D eigenvalue weighted by atomic mass is 10.1. The zero-order chi connectivity index (χ0) is 15.8. The number of halogens is 3. The number of pyridine rings is 1. The largest absolute Gasteiger partial charge is 0.433 e. The van der Waals surface area contributed by atoms with Gasteiger partial charge in [0.25, 0.3) is 0 Å². The molecule has 4 nitrogen and oxygen atoms in total. The predicted octanol–water partition coefficient (Wildman–Crippen LogP) is 1.93. The van der Waals surface area contributed by atoms with Crippen LogP contribution < -0.4 is 5.32 Å². The molecule has 0 fully saturated rings. The molecule has 1 heterocycles. The molecule has 0 atom stereocenters. The van der Waals surface area contributed by atoms with Crippen molar-refractivity contribution in [3.63, 3.8) is 0 Å². The Balaban J connectivity index is 3.07. The number of aryl methyl sites for hydroxylation is 1. The van der Waals surface area contributed by atoms with E-state index in [1.807, 2.05) is 0 Å². The standard InChI is InChI=1S/C13H19F3N2O2/c1-8-5-6-9(18-10(8)13(14,15)16)12(19,20)7-17-11(2,3)4/h5-6,17,19-20H,7H2,1-4H3. The van der Waals surface area contributed by atoms with Crippen LogP contribution in [0.5, 0.6) is 0 Å². The van der Waals surface area contributed by atoms with Gasteiger partial charge in [-0.3, -0.25) is 0 Å². The Hall–Kier alpha value is -1.18. The first-order chi connectivity index (χ1) is 8.83. The van der Waals surface area contributed by atoms with Crippen molar-refractivity contribution in [1.29, 1.82) is 0 Å². The molecule has 114 valence electrons. The summed E-state index contributed by atoms with van der Waals surface area (Å²) in [6.45, 7) is 6.33. The van der Waals surface area contributed by atoms with Gasteiger partial charge in [-0.2, -0.15) is 13.2 Å². The number of hydrogen-bond donors (Lipinski definition) is 3. The molecule has 0 aliphatic carbocycles. The highest BCUT2D eigenvalue weighted by atomic mass is 19.4. The zero-order valence-corrected chi connectivity index (χ0v) is 11.8. The van der Waals surface area contributed by atoms with Crippen LogP contribution in [0.1, 0.15) is 37.7 Å². The zero-order valence-electron chi connectivity index (χ0n) is 11.8. The van der Waals surface area contributed by atoms with Gasteiger partial charge in [-0.15, -0.1) is 0 Å². The molecular weight excluding hydrogens is 273 g/mol. The molecular formula is C13H19F3N2O2. The Morgan fingerprint density at radius 3 is 2.15 bits per heavy atom. The van der Waals surface area contributed by atoms with Gasteiger partial charge in [-0.25, -0.2) is 4.98 Å². The van der Waals surface area contributed by atoms with Gasteiger partial charge in [0.1, 0.15) is 11.4 Å². The van der Waals surface area contributed by atoms with Crippen LogP contribution in [0.4, 0.5) is 13.2 Å². The molecule has 0 amide bonds. The molecule has 1 rings (SSSR count). The molecule has 3 N–H and O–H groups in total. The fraction of sp³-hybridized carbons (Fsp3) is 0.615. The Kier molecular flexibility index (Phi) is 4.48. The molecule has 0 radical (unpaired) electrons. The molecule has 0 bridgehead atoms. The van der Waals surface area contributed by atoms with Gasteiger partial charge in [-0.05, 0) is 39.3 Å². The summed E-state index contributed by atoms with van der Waals surface area (Å²) in [4.78, 5) is 3.35.